The Kier molecular flexibility index (Phi) is 4.61. The van der Waals surface area contributed by atoms with Gasteiger partial charge in [-0.15, -0.1) is 0 Å². The molecule has 0 aromatic carbocycles. The smallest absolute Gasteiger partial charge is 0.0642 e. The van der Waals surface area contributed by atoms with Crippen LogP contribution in [0.15, 0.2) is 11.6 Å². The Hall–Kier alpha value is -0.340. The van der Waals surface area contributed by atoms with Crippen molar-refractivity contribution in [2.45, 2.75) is 13.3 Å². The van der Waals surface area contributed by atoms with Crippen LogP contribution < -0.4 is 0 Å². The molecule has 2 nitrogen and oxygen atoms in total. The van der Waals surface area contributed by atoms with Crippen LogP contribution in [0.25, 0.3) is 0 Å². The molecule has 0 heterocycles. The minimum absolute atomic E-state index is 0.0665. The van der Waals surface area contributed by atoms with E-state index in [0.29, 0.717) is 6.42 Å². The number of hydrogen-bond donors (Lipinski definition) is 2. The highest BCUT2D eigenvalue weighted by Gasteiger charge is 1.88. The first-order valence-electron chi connectivity index (χ1n) is 2.71. The summed E-state index contributed by atoms with van der Waals surface area (Å²) >= 11 is 0. The molecule has 2 N–H and O–H groups in total. The van der Waals surface area contributed by atoms with E-state index < -0.39 is 0 Å². The summed E-state index contributed by atoms with van der Waals surface area (Å²) in [5.74, 6) is 0. The van der Waals surface area contributed by atoms with Crippen LogP contribution in [0, 0.1) is 0 Å². The average Bonchev–Trinajstić information content (AvgIpc) is 1.83. The fourth-order valence-corrected chi connectivity index (χ4v) is 0.458. The summed E-state index contributed by atoms with van der Waals surface area (Å²) in [6.07, 6.45) is 2.41. The summed E-state index contributed by atoms with van der Waals surface area (Å²) in [7, 11) is 0. The zero-order valence-corrected chi connectivity index (χ0v) is 5.09. The van der Waals surface area contributed by atoms with E-state index in [-0.39, 0.29) is 13.2 Å². The van der Waals surface area contributed by atoms with Gasteiger partial charge >= 0.3 is 0 Å². The van der Waals surface area contributed by atoms with Crippen molar-refractivity contribution in [1.29, 1.82) is 0 Å². The summed E-state index contributed by atoms with van der Waals surface area (Å²) in [5, 5.41) is 16.8. The second kappa shape index (κ2) is 4.81. The van der Waals surface area contributed by atoms with Crippen molar-refractivity contribution in [3.8, 4) is 0 Å². The third-order valence-corrected chi connectivity index (χ3v) is 1.04. The molecule has 2 heteroatoms. The van der Waals surface area contributed by atoms with Gasteiger partial charge in [-0.2, -0.15) is 0 Å². The lowest BCUT2D eigenvalue weighted by Gasteiger charge is -1.96. The van der Waals surface area contributed by atoms with E-state index in [1.165, 1.54) is 0 Å². The highest BCUT2D eigenvalue weighted by atomic mass is 16.3. The van der Waals surface area contributed by atoms with Crippen LogP contribution in [0.1, 0.15) is 13.3 Å². The highest BCUT2D eigenvalue weighted by Crippen LogP contribution is 1.96. The number of aliphatic hydroxyl groups is 2. The van der Waals surface area contributed by atoms with Crippen molar-refractivity contribution in [3.05, 3.63) is 11.6 Å². The van der Waals surface area contributed by atoms with Gasteiger partial charge in [0.05, 0.1) is 6.61 Å². The van der Waals surface area contributed by atoms with E-state index in [1.54, 1.807) is 0 Å². The predicted octanol–water partition coefficient (Wildman–Crippen LogP) is 0.307. The maximum Gasteiger partial charge on any atom is 0.0642 e. The van der Waals surface area contributed by atoms with Crippen molar-refractivity contribution < 1.29 is 10.2 Å². The van der Waals surface area contributed by atoms with Crippen molar-refractivity contribution in [2.75, 3.05) is 13.2 Å². The summed E-state index contributed by atoms with van der Waals surface area (Å²) in [6.45, 7) is 2.04. The van der Waals surface area contributed by atoms with Gasteiger partial charge in [0.1, 0.15) is 0 Å². The van der Waals surface area contributed by atoms with Gasteiger partial charge in [-0.1, -0.05) is 6.08 Å². The van der Waals surface area contributed by atoms with Gasteiger partial charge < -0.3 is 10.2 Å². The van der Waals surface area contributed by atoms with E-state index in [9.17, 15) is 0 Å². The number of rotatable bonds is 3. The first-order chi connectivity index (χ1) is 3.85. The second-order valence-electron chi connectivity index (χ2n) is 1.58. The molecule has 0 aliphatic carbocycles. The lowest BCUT2D eigenvalue weighted by atomic mass is 10.2. The monoisotopic (exact) mass is 116 g/mol. The Morgan fingerprint density at radius 3 is 2.25 bits per heavy atom. The summed E-state index contributed by atoms with van der Waals surface area (Å²) in [6, 6.07) is 0. The van der Waals surface area contributed by atoms with Crippen LogP contribution in [-0.4, -0.2) is 23.4 Å². The van der Waals surface area contributed by atoms with Gasteiger partial charge in [-0.05, 0) is 18.9 Å². The molecule has 0 bridgehead atoms. The number of aliphatic hydroxyl groups excluding tert-OH is 2. The molecule has 0 radical (unpaired) electrons. The topological polar surface area (TPSA) is 40.5 Å². The quantitative estimate of drug-likeness (QED) is 0.521. The highest BCUT2D eigenvalue weighted by molar-refractivity contribution is 4.99. The SMILES string of the molecule is CC=C(CO)CCO. The van der Waals surface area contributed by atoms with E-state index in [4.69, 9.17) is 10.2 Å². The summed E-state index contributed by atoms with van der Waals surface area (Å²) in [4.78, 5) is 0. The molecule has 0 aliphatic heterocycles. The molecule has 0 rings (SSSR count). The van der Waals surface area contributed by atoms with Crippen molar-refractivity contribution in [1.82, 2.24) is 0 Å². The average molecular weight is 116 g/mol. The zero-order chi connectivity index (χ0) is 6.41. The summed E-state index contributed by atoms with van der Waals surface area (Å²) in [5.41, 5.74) is 0.896. The van der Waals surface area contributed by atoms with Gasteiger partial charge in [0, 0.05) is 6.61 Å². The molecule has 0 spiro atoms. The zero-order valence-electron chi connectivity index (χ0n) is 5.09. The molecule has 0 amide bonds. The van der Waals surface area contributed by atoms with Gasteiger partial charge in [0.15, 0.2) is 0 Å². The maximum absolute atomic E-state index is 8.48. The Balaban J connectivity index is 3.38. The lowest BCUT2D eigenvalue weighted by Crippen LogP contribution is -1.92. The fourth-order valence-electron chi connectivity index (χ4n) is 0.458. The normalized spacial score (nSPS) is 12.1. The molecule has 0 fully saturated rings. The largest absolute Gasteiger partial charge is 0.396 e. The second-order valence-corrected chi connectivity index (χ2v) is 1.58. The minimum Gasteiger partial charge on any atom is -0.396 e. The maximum atomic E-state index is 8.48. The molecule has 0 aliphatic rings. The summed E-state index contributed by atoms with van der Waals surface area (Å²) < 4.78 is 0. The molecule has 0 aromatic rings. The molecule has 0 saturated carbocycles. The first kappa shape index (κ1) is 7.66. The van der Waals surface area contributed by atoms with Crippen LogP contribution >= 0.6 is 0 Å². The van der Waals surface area contributed by atoms with Crippen LogP contribution in [-0.2, 0) is 0 Å². The standard InChI is InChI=1S/C6H12O2/c1-2-6(5-8)3-4-7/h2,7-8H,3-5H2,1H3. The Bertz CT molecular complexity index is 76.6. The molecule has 0 aromatic heterocycles. The van der Waals surface area contributed by atoms with Crippen molar-refractivity contribution in [2.24, 2.45) is 0 Å². The molecule has 8 heavy (non-hydrogen) atoms. The van der Waals surface area contributed by atoms with E-state index >= 15 is 0 Å². The molecule has 48 valence electrons. The van der Waals surface area contributed by atoms with Crippen molar-refractivity contribution in [3.63, 3.8) is 0 Å². The first-order valence-corrected chi connectivity index (χ1v) is 2.71. The van der Waals surface area contributed by atoms with Crippen molar-refractivity contribution >= 4 is 0 Å². The third kappa shape index (κ3) is 2.77. The lowest BCUT2D eigenvalue weighted by molar-refractivity contribution is 0.278. The molecular formula is C6H12O2. The Morgan fingerprint density at radius 1 is 1.50 bits per heavy atom. The third-order valence-electron chi connectivity index (χ3n) is 1.04. The molecule has 0 atom stereocenters. The Labute approximate surface area is 49.5 Å². The van der Waals surface area contributed by atoms with Crippen LogP contribution in [0.5, 0.6) is 0 Å². The van der Waals surface area contributed by atoms with E-state index in [1.807, 2.05) is 13.0 Å². The molecule has 0 saturated heterocycles. The number of hydrogen-bond acceptors (Lipinski definition) is 2. The van der Waals surface area contributed by atoms with Gasteiger partial charge in [0.2, 0.25) is 0 Å². The molecule has 0 unspecified atom stereocenters. The van der Waals surface area contributed by atoms with E-state index in [2.05, 4.69) is 0 Å². The van der Waals surface area contributed by atoms with E-state index in [0.717, 1.165) is 5.57 Å². The fraction of sp³-hybridized carbons (Fsp3) is 0.667. The minimum atomic E-state index is 0.0665. The van der Waals surface area contributed by atoms with Crippen LogP contribution in [0.3, 0.4) is 0 Å². The number of allylic oxidation sites excluding steroid dienone is 1. The van der Waals surface area contributed by atoms with Gasteiger partial charge in [-0.3, -0.25) is 0 Å². The van der Waals surface area contributed by atoms with Gasteiger partial charge in [0.25, 0.3) is 0 Å². The predicted molar refractivity (Wildman–Crippen MR) is 32.5 cm³/mol. The van der Waals surface area contributed by atoms with Gasteiger partial charge in [-0.25, -0.2) is 0 Å². The van der Waals surface area contributed by atoms with Crippen LogP contribution in [0.2, 0.25) is 0 Å². The molecular weight excluding hydrogens is 104 g/mol. The van der Waals surface area contributed by atoms with Crippen LogP contribution in [0.4, 0.5) is 0 Å². The Morgan fingerprint density at radius 2 is 2.12 bits per heavy atom.